The number of carbonyl (C=O) groups is 2. The van der Waals surface area contributed by atoms with Crippen molar-refractivity contribution in [1.82, 2.24) is 20.6 Å². The number of aryl methyl sites for hydroxylation is 1. The molecule has 3 N–H and O–H groups in total. The van der Waals surface area contributed by atoms with Gasteiger partial charge in [0.25, 0.3) is 5.91 Å². The molecule has 0 aliphatic rings. The van der Waals surface area contributed by atoms with Gasteiger partial charge < -0.3 is 20.0 Å². The highest BCUT2D eigenvalue weighted by atomic mass is 16.3. The molecular formula is C19H20N4O3. The van der Waals surface area contributed by atoms with E-state index in [1.165, 1.54) is 6.26 Å². The minimum Gasteiger partial charge on any atom is -0.469 e. The van der Waals surface area contributed by atoms with E-state index in [9.17, 15) is 9.59 Å². The fraction of sp³-hybridized carbons (Fsp3) is 0.211. The predicted octanol–water partition coefficient (Wildman–Crippen LogP) is 2.59. The van der Waals surface area contributed by atoms with E-state index in [1.807, 2.05) is 37.3 Å². The molecule has 3 rings (SSSR count). The lowest BCUT2D eigenvalue weighted by molar-refractivity contribution is -0.120. The molecule has 2 amide bonds. The summed E-state index contributed by atoms with van der Waals surface area (Å²) in [6.45, 7) is 3.39. The van der Waals surface area contributed by atoms with Crippen LogP contribution >= 0.6 is 0 Å². The van der Waals surface area contributed by atoms with Crippen LogP contribution < -0.4 is 10.6 Å². The summed E-state index contributed by atoms with van der Waals surface area (Å²) in [5.41, 5.74) is 2.32. The van der Waals surface area contributed by atoms with Crippen molar-refractivity contribution >= 4 is 11.8 Å². The molecule has 7 nitrogen and oxygen atoms in total. The Bertz CT molecular complexity index is 898. The number of benzene rings is 1. The molecule has 7 heteroatoms. The van der Waals surface area contributed by atoms with Crippen molar-refractivity contribution in [2.24, 2.45) is 0 Å². The van der Waals surface area contributed by atoms with Gasteiger partial charge in [-0.15, -0.1) is 0 Å². The van der Waals surface area contributed by atoms with Crippen LogP contribution in [0, 0.1) is 6.92 Å². The SMILES string of the molecule is Cc1occc1C(=O)NCC(=O)N[C@@H](C)c1ncc(-c2ccccc2)[nH]1. The number of rotatable bonds is 6. The molecular weight excluding hydrogens is 332 g/mol. The Morgan fingerprint density at radius 3 is 2.69 bits per heavy atom. The van der Waals surface area contributed by atoms with Crippen molar-refractivity contribution in [3.63, 3.8) is 0 Å². The summed E-state index contributed by atoms with van der Waals surface area (Å²) < 4.78 is 5.08. The number of carbonyl (C=O) groups excluding carboxylic acids is 2. The van der Waals surface area contributed by atoms with Crippen molar-refractivity contribution in [1.29, 1.82) is 0 Å². The van der Waals surface area contributed by atoms with Gasteiger partial charge in [-0.05, 0) is 25.5 Å². The highest BCUT2D eigenvalue weighted by Crippen LogP contribution is 2.18. The molecule has 26 heavy (non-hydrogen) atoms. The zero-order chi connectivity index (χ0) is 18.5. The third-order valence-electron chi connectivity index (χ3n) is 3.98. The first kappa shape index (κ1) is 17.5. The zero-order valence-electron chi connectivity index (χ0n) is 14.6. The molecule has 0 saturated heterocycles. The number of hydrogen-bond acceptors (Lipinski definition) is 4. The molecule has 2 heterocycles. The second-order valence-electron chi connectivity index (χ2n) is 5.91. The van der Waals surface area contributed by atoms with Crippen LogP contribution in [0.3, 0.4) is 0 Å². The first-order chi connectivity index (χ1) is 12.5. The summed E-state index contributed by atoms with van der Waals surface area (Å²) in [5, 5.41) is 5.38. The van der Waals surface area contributed by atoms with Crippen molar-refractivity contribution in [3.05, 3.63) is 66.0 Å². The second-order valence-corrected chi connectivity index (χ2v) is 5.91. The van der Waals surface area contributed by atoms with E-state index in [4.69, 9.17) is 4.42 Å². The Labute approximate surface area is 150 Å². The number of aromatic amines is 1. The highest BCUT2D eigenvalue weighted by molar-refractivity contribution is 5.97. The Hall–Kier alpha value is -3.35. The standard InChI is InChI=1S/C19H20N4O3/c1-12(18-20-10-16(23-18)14-6-4-3-5-7-14)22-17(24)11-21-19(25)15-8-9-26-13(15)2/h3-10,12H,11H2,1-2H3,(H,20,23)(H,21,25)(H,22,24)/t12-/m0/s1. The summed E-state index contributed by atoms with van der Waals surface area (Å²) in [5.74, 6) is 0.516. The summed E-state index contributed by atoms with van der Waals surface area (Å²) >= 11 is 0. The molecule has 1 atom stereocenters. The molecule has 0 unspecified atom stereocenters. The quantitative estimate of drug-likeness (QED) is 0.635. The molecule has 3 aromatic rings. The largest absolute Gasteiger partial charge is 0.469 e. The van der Waals surface area contributed by atoms with Gasteiger partial charge in [0.05, 0.1) is 36.3 Å². The predicted molar refractivity (Wildman–Crippen MR) is 96.4 cm³/mol. The molecule has 0 saturated carbocycles. The monoisotopic (exact) mass is 352 g/mol. The Balaban J connectivity index is 1.54. The Kier molecular flexibility index (Phi) is 5.17. The molecule has 0 aliphatic carbocycles. The van der Waals surface area contributed by atoms with Gasteiger partial charge in [0, 0.05) is 0 Å². The highest BCUT2D eigenvalue weighted by Gasteiger charge is 2.16. The van der Waals surface area contributed by atoms with Gasteiger partial charge in [0.1, 0.15) is 11.6 Å². The zero-order valence-corrected chi connectivity index (χ0v) is 14.6. The van der Waals surface area contributed by atoms with Gasteiger partial charge in [0.15, 0.2) is 0 Å². The van der Waals surface area contributed by atoms with Crippen LogP contribution in [0.4, 0.5) is 0 Å². The second kappa shape index (κ2) is 7.69. The van der Waals surface area contributed by atoms with Gasteiger partial charge in [-0.1, -0.05) is 30.3 Å². The number of amides is 2. The van der Waals surface area contributed by atoms with Crippen LogP contribution in [0.5, 0.6) is 0 Å². The topological polar surface area (TPSA) is 100 Å². The number of furan rings is 1. The lowest BCUT2D eigenvalue weighted by Gasteiger charge is -2.12. The number of nitrogens with one attached hydrogen (secondary N) is 3. The molecule has 2 aromatic heterocycles. The minimum atomic E-state index is -0.344. The van der Waals surface area contributed by atoms with Gasteiger partial charge in [-0.25, -0.2) is 4.98 Å². The fourth-order valence-electron chi connectivity index (χ4n) is 2.56. The van der Waals surface area contributed by atoms with Crippen LogP contribution in [-0.2, 0) is 4.79 Å². The molecule has 0 spiro atoms. The van der Waals surface area contributed by atoms with Crippen LogP contribution in [-0.4, -0.2) is 28.3 Å². The van der Waals surface area contributed by atoms with E-state index in [0.717, 1.165) is 11.3 Å². The molecule has 0 aliphatic heterocycles. The molecule has 1 aromatic carbocycles. The van der Waals surface area contributed by atoms with E-state index in [-0.39, 0.29) is 24.4 Å². The third kappa shape index (κ3) is 4.00. The molecule has 0 bridgehead atoms. The maximum atomic E-state index is 12.1. The van der Waals surface area contributed by atoms with Gasteiger partial charge >= 0.3 is 0 Å². The van der Waals surface area contributed by atoms with Gasteiger partial charge in [0.2, 0.25) is 5.91 Å². The van der Waals surface area contributed by atoms with Crippen molar-refractivity contribution in [2.45, 2.75) is 19.9 Å². The number of imidazole rings is 1. The van der Waals surface area contributed by atoms with Crippen LogP contribution in [0.15, 0.2) is 53.3 Å². The van der Waals surface area contributed by atoms with E-state index in [2.05, 4.69) is 20.6 Å². The minimum absolute atomic E-state index is 0.125. The summed E-state index contributed by atoms with van der Waals surface area (Å²) in [6, 6.07) is 11.1. The molecule has 0 fully saturated rings. The normalized spacial score (nSPS) is 11.8. The van der Waals surface area contributed by atoms with Crippen LogP contribution in [0.25, 0.3) is 11.3 Å². The number of H-pyrrole nitrogens is 1. The van der Waals surface area contributed by atoms with Crippen molar-refractivity contribution in [3.8, 4) is 11.3 Å². The number of aromatic nitrogens is 2. The van der Waals surface area contributed by atoms with Gasteiger partial charge in [-0.2, -0.15) is 0 Å². The molecule has 134 valence electrons. The average molecular weight is 352 g/mol. The first-order valence-electron chi connectivity index (χ1n) is 8.26. The maximum Gasteiger partial charge on any atom is 0.255 e. The summed E-state index contributed by atoms with van der Waals surface area (Å²) in [4.78, 5) is 31.6. The van der Waals surface area contributed by atoms with E-state index in [1.54, 1.807) is 19.2 Å². The lowest BCUT2D eigenvalue weighted by atomic mass is 10.2. The summed E-state index contributed by atoms with van der Waals surface area (Å²) in [6.07, 6.45) is 3.17. The van der Waals surface area contributed by atoms with Crippen LogP contribution in [0.2, 0.25) is 0 Å². The third-order valence-corrected chi connectivity index (χ3v) is 3.98. The Morgan fingerprint density at radius 1 is 1.23 bits per heavy atom. The smallest absolute Gasteiger partial charge is 0.255 e. The first-order valence-corrected chi connectivity index (χ1v) is 8.26. The lowest BCUT2D eigenvalue weighted by Crippen LogP contribution is -2.38. The maximum absolute atomic E-state index is 12.1. The fourth-order valence-corrected chi connectivity index (χ4v) is 2.56. The van der Waals surface area contributed by atoms with Gasteiger partial charge in [-0.3, -0.25) is 9.59 Å². The van der Waals surface area contributed by atoms with E-state index < -0.39 is 0 Å². The number of nitrogens with zero attached hydrogens (tertiary/aromatic N) is 1. The van der Waals surface area contributed by atoms with E-state index in [0.29, 0.717) is 17.1 Å². The molecule has 0 radical (unpaired) electrons. The Morgan fingerprint density at radius 2 is 2.00 bits per heavy atom. The number of hydrogen-bond donors (Lipinski definition) is 3. The summed E-state index contributed by atoms with van der Waals surface area (Å²) in [7, 11) is 0. The average Bonchev–Trinajstić information content (AvgIpc) is 3.29. The van der Waals surface area contributed by atoms with Crippen molar-refractivity contribution < 1.29 is 14.0 Å². The van der Waals surface area contributed by atoms with Crippen molar-refractivity contribution in [2.75, 3.05) is 6.54 Å². The van der Waals surface area contributed by atoms with E-state index >= 15 is 0 Å². The van der Waals surface area contributed by atoms with Crippen LogP contribution in [0.1, 0.15) is 34.9 Å².